The molecule has 0 aliphatic rings. The van der Waals surface area contributed by atoms with Crippen LogP contribution in [-0.4, -0.2) is 28.7 Å². The summed E-state index contributed by atoms with van der Waals surface area (Å²) in [6.07, 6.45) is 4.05. The number of carboxylic acid groups (broad SMARTS) is 1. The van der Waals surface area contributed by atoms with Crippen molar-refractivity contribution in [2.75, 3.05) is 11.9 Å². The third-order valence-corrected chi connectivity index (χ3v) is 5.37. The molecule has 1 aromatic heterocycles. The standard InChI is InChI=1S/C28H25N3O4/c32-27(33)23-8-3-7-22(17-23)26-9-2-1-6-21(26)14-16-35-25-12-10-24(11-13-25)31-28(34)30-19-20-5-4-15-29-18-20/h1-13,15,17-18H,14,16,19H2,(H,32,33)(H2,30,31,34). The molecule has 4 aromatic rings. The average molecular weight is 468 g/mol. The Morgan fingerprint density at radius 1 is 0.914 bits per heavy atom. The number of anilines is 1. The highest BCUT2D eigenvalue weighted by Crippen LogP contribution is 2.25. The molecule has 7 heteroatoms. The minimum absolute atomic E-state index is 0.257. The number of benzene rings is 3. The molecule has 0 aliphatic heterocycles. The van der Waals surface area contributed by atoms with Crippen molar-refractivity contribution in [1.82, 2.24) is 10.3 Å². The van der Waals surface area contributed by atoms with Gasteiger partial charge in [-0.25, -0.2) is 9.59 Å². The number of carbonyl (C=O) groups is 2. The Hall–Kier alpha value is -4.65. The van der Waals surface area contributed by atoms with Gasteiger partial charge in [0.15, 0.2) is 0 Å². The maximum absolute atomic E-state index is 12.1. The number of urea groups is 1. The van der Waals surface area contributed by atoms with Crippen molar-refractivity contribution in [3.63, 3.8) is 0 Å². The molecule has 0 fully saturated rings. The lowest BCUT2D eigenvalue weighted by atomic mass is 9.96. The Kier molecular flexibility index (Phi) is 7.70. The molecule has 2 amide bonds. The molecule has 1 heterocycles. The fraction of sp³-hybridized carbons (Fsp3) is 0.107. The fourth-order valence-corrected chi connectivity index (χ4v) is 3.61. The summed E-state index contributed by atoms with van der Waals surface area (Å²) in [5, 5.41) is 14.9. The summed E-state index contributed by atoms with van der Waals surface area (Å²) in [6, 6.07) is 25.4. The summed E-state index contributed by atoms with van der Waals surface area (Å²) in [5.74, 6) is -0.256. The third-order valence-electron chi connectivity index (χ3n) is 5.37. The SMILES string of the molecule is O=C(NCc1cccnc1)Nc1ccc(OCCc2ccccc2-c2cccc(C(=O)O)c2)cc1. The number of hydrogen-bond acceptors (Lipinski definition) is 4. The molecule has 0 unspecified atom stereocenters. The summed E-state index contributed by atoms with van der Waals surface area (Å²) in [6.45, 7) is 0.844. The maximum atomic E-state index is 12.1. The van der Waals surface area contributed by atoms with Gasteiger partial charge in [-0.2, -0.15) is 0 Å². The van der Waals surface area contributed by atoms with Gasteiger partial charge in [-0.15, -0.1) is 0 Å². The normalized spacial score (nSPS) is 10.4. The van der Waals surface area contributed by atoms with Gasteiger partial charge in [-0.1, -0.05) is 42.5 Å². The monoisotopic (exact) mass is 467 g/mol. The Bertz CT molecular complexity index is 1290. The van der Waals surface area contributed by atoms with Crippen LogP contribution in [0.2, 0.25) is 0 Å². The van der Waals surface area contributed by atoms with Crippen molar-refractivity contribution < 1.29 is 19.4 Å². The molecule has 7 nitrogen and oxygen atoms in total. The first-order chi connectivity index (χ1) is 17.1. The van der Waals surface area contributed by atoms with E-state index in [-0.39, 0.29) is 11.6 Å². The number of hydrogen-bond donors (Lipinski definition) is 3. The van der Waals surface area contributed by atoms with Crippen LogP contribution >= 0.6 is 0 Å². The number of ether oxygens (including phenoxy) is 1. The van der Waals surface area contributed by atoms with E-state index < -0.39 is 5.97 Å². The van der Waals surface area contributed by atoms with E-state index in [0.717, 1.165) is 22.3 Å². The first-order valence-electron chi connectivity index (χ1n) is 11.2. The van der Waals surface area contributed by atoms with Crippen LogP contribution in [0, 0.1) is 0 Å². The molecule has 0 saturated heterocycles. The van der Waals surface area contributed by atoms with Gasteiger partial charge in [0, 0.05) is 31.0 Å². The van der Waals surface area contributed by atoms with Crippen molar-refractivity contribution in [3.8, 4) is 16.9 Å². The van der Waals surface area contributed by atoms with E-state index >= 15 is 0 Å². The summed E-state index contributed by atoms with van der Waals surface area (Å²) < 4.78 is 5.90. The van der Waals surface area contributed by atoms with E-state index in [1.165, 1.54) is 0 Å². The molecule has 3 N–H and O–H groups in total. The van der Waals surface area contributed by atoms with E-state index in [1.807, 2.05) is 42.5 Å². The Morgan fingerprint density at radius 3 is 2.51 bits per heavy atom. The van der Waals surface area contributed by atoms with Crippen LogP contribution < -0.4 is 15.4 Å². The van der Waals surface area contributed by atoms with Crippen molar-refractivity contribution in [1.29, 1.82) is 0 Å². The molecular formula is C28H25N3O4. The zero-order valence-electron chi connectivity index (χ0n) is 19.0. The molecule has 4 rings (SSSR count). The van der Waals surface area contributed by atoms with Gasteiger partial charge >= 0.3 is 12.0 Å². The number of pyridine rings is 1. The average Bonchev–Trinajstić information content (AvgIpc) is 2.89. The molecule has 176 valence electrons. The highest BCUT2D eigenvalue weighted by atomic mass is 16.5. The summed E-state index contributed by atoms with van der Waals surface area (Å²) >= 11 is 0. The highest BCUT2D eigenvalue weighted by molar-refractivity contribution is 5.90. The van der Waals surface area contributed by atoms with Gasteiger partial charge in [-0.05, 0) is 64.7 Å². The Morgan fingerprint density at radius 2 is 1.74 bits per heavy atom. The van der Waals surface area contributed by atoms with Crippen LogP contribution in [0.15, 0.2) is 97.3 Å². The molecule has 35 heavy (non-hydrogen) atoms. The number of nitrogens with one attached hydrogen (secondary N) is 2. The highest BCUT2D eigenvalue weighted by Gasteiger charge is 2.09. The molecule has 0 saturated carbocycles. The zero-order chi connectivity index (χ0) is 24.5. The number of carboxylic acids is 1. The van der Waals surface area contributed by atoms with Crippen LogP contribution in [-0.2, 0) is 13.0 Å². The maximum Gasteiger partial charge on any atom is 0.335 e. The summed E-state index contributed by atoms with van der Waals surface area (Å²) in [7, 11) is 0. The number of carbonyl (C=O) groups excluding carboxylic acids is 1. The van der Waals surface area contributed by atoms with Crippen LogP contribution in [0.3, 0.4) is 0 Å². The second-order valence-electron chi connectivity index (χ2n) is 7.83. The topological polar surface area (TPSA) is 101 Å². The second kappa shape index (κ2) is 11.5. The fourth-order valence-electron chi connectivity index (χ4n) is 3.61. The van der Waals surface area contributed by atoms with Gasteiger partial charge in [0.05, 0.1) is 12.2 Å². The Labute approximate surface area is 203 Å². The molecule has 3 aromatic carbocycles. The van der Waals surface area contributed by atoms with E-state index in [9.17, 15) is 14.7 Å². The van der Waals surface area contributed by atoms with Crippen LogP contribution in [0.1, 0.15) is 21.5 Å². The van der Waals surface area contributed by atoms with Gasteiger partial charge in [0.25, 0.3) is 0 Å². The number of aromatic nitrogens is 1. The predicted molar refractivity (Wildman–Crippen MR) is 135 cm³/mol. The van der Waals surface area contributed by atoms with Gasteiger partial charge in [0.2, 0.25) is 0 Å². The third kappa shape index (κ3) is 6.68. The predicted octanol–water partition coefficient (Wildman–Crippen LogP) is 5.39. The minimum Gasteiger partial charge on any atom is -0.493 e. The largest absolute Gasteiger partial charge is 0.493 e. The lowest BCUT2D eigenvalue weighted by molar-refractivity contribution is 0.0697. The van der Waals surface area contributed by atoms with Gasteiger partial charge < -0.3 is 20.5 Å². The Balaban J connectivity index is 1.30. The first-order valence-corrected chi connectivity index (χ1v) is 11.2. The molecule has 0 spiro atoms. The molecule has 0 bridgehead atoms. The van der Waals surface area contributed by atoms with E-state index in [4.69, 9.17) is 4.74 Å². The second-order valence-corrected chi connectivity index (χ2v) is 7.83. The molecule has 0 aliphatic carbocycles. The minimum atomic E-state index is -0.948. The van der Waals surface area contributed by atoms with Gasteiger partial charge in [0.1, 0.15) is 5.75 Å². The quantitative estimate of drug-likeness (QED) is 0.306. The smallest absolute Gasteiger partial charge is 0.335 e. The van der Waals surface area contributed by atoms with E-state index in [0.29, 0.717) is 31.0 Å². The molecular weight excluding hydrogens is 442 g/mol. The number of rotatable bonds is 9. The van der Waals surface area contributed by atoms with E-state index in [1.54, 1.807) is 54.9 Å². The van der Waals surface area contributed by atoms with Crippen molar-refractivity contribution >= 4 is 17.7 Å². The van der Waals surface area contributed by atoms with E-state index in [2.05, 4.69) is 15.6 Å². The number of nitrogens with zero attached hydrogens (tertiary/aromatic N) is 1. The lowest BCUT2D eigenvalue weighted by Crippen LogP contribution is -2.28. The van der Waals surface area contributed by atoms with Crippen LogP contribution in [0.4, 0.5) is 10.5 Å². The molecule has 0 atom stereocenters. The van der Waals surface area contributed by atoms with Gasteiger partial charge in [-0.3, -0.25) is 4.98 Å². The summed E-state index contributed by atoms with van der Waals surface area (Å²) in [5.41, 5.74) is 4.74. The first kappa shape index (κ1) is 23.5. The number of aromatic carboxylic acids is 1. The van der Waals surface area contributed by atoms with Crippen molar-refractivity contribution in [3.05, 3.63) is 114 Å². The zero-order valence-corrected chi connectivity index (χ0v) is 19.0. The van der Waals surface area contributed by atoms with Crippen molar-refractivity contribution in [2.24, 2.45) is 0 Å². The lowest BCUT2D eigenvalue weighted by Gasteiger charge is -2.12. The van der Waals surface area contributed by atoms with Crippen LogP contribution in [0.5, 0.6) is 5.75 Å². The van der Waals surface area contributed by atoms with Crippen molar-refractivity contribution in [2.45, 2.75) is 13.0 Å². The number of amides is 2. The summed E-state index contributed by atoms with van der Waals surface area (Å²) in [4.78, 5) is 27.4. The van der Waals surface area contributed by atoms with Crippen LogP contribution in [0.25, 0.3) is 11.1 Å². The molecule has 0 radical (unpaired) electrons.